The van der Waals surface area contributed by atoms with Crippen LogP contribution in [-0.2, 0) is 4.74 Å². The van der Waals surface area contributed by atoms with Crippen molar-refractivity contribution < 1.29 is 18.7 Å². The Labute approximate surface area is 215 Å². The maximum absolute atomic E-state index is 14.0. The number of benzene rings is 2. The van der Waals surface area contributed by atoms with Gasteiger partial charge in [-0.25, -0.2) is 9.37 Å². The van der Waals surface area contributed by atoms with Crippen molar-refractivity contribution in [2.75, 3.05) is 44.3 Å². The van der Waals surface area contributed by atoms with E-state index in [1.807, 2.05) is 6.92 Å². The molecule has 1 fully saturated rings. The number of morpholine rings is 1. The average molecular weight is 516 g/mol. The van der Waals surface area contributed by atoms with E-state index in [-0.39, 0.29) is 10.9 Å². The van der Waals surface area contributed by atoms with Crippen LogP contribution in [0.4, 0.5) is 10.2 Å². The molecule has 0 bridgehead atoms. The molecule has 2 heterocycles. The third kappa shape index (κ3) is 6.40. The largest absolute Gasteiger partial charge is 0.486 e. The highest BCUT2D eigenvalue weighted by atomic mass is 35.5. The van der Waals surface area contributed by atoms with Gasteiger partial charge in [0.25, 0.3) is 5.91 Å². The normalized spacial score (nSPS) is 14.8. The fourth-order valence-corrected chi connectivity index (χ4v) is 4.09. The number of ether oxygens (including phenoxy) is 2. The van der Waals surface area contributed by atoms with E-state index >= 15 is 0 Å². The first-order valence-corrected chi connectivity index (χ1v) is 12.5. The van der Waals surface area contributed by atoms with Gasteiger partial charge in [-0.1, -0.05) is 25.4 Å². The minimum Gasteiger partial charge on any atom is -0.486 e. The van der Waals surface area contributed by atoms with E-state index in [1.54, 1.807) is 24.4 Å². The number of carbonyl (C=O) groups excluding carboxylic acids is 1. The van der Waals surface area contributed by atoms with Gasteiger partial charge in [0.1, 0.15) is 23.5 Å². The molecule has 2 aromatic carbocycles. The zero-order valence-electron chi connectivity index (χ0n) is 20.7. The van der Waals surface area contributed by atoms with Gasteiger partial charge >= 0.3 is 0 Å². The summed E-state index contributed by atoms with van der Waals surface area (Å²) in [5.74, 6) is 0.273. The van der Waals surface area contributed by atoms with E-state index in [1.165, 1.54) is 12.1 Å². The summed E-state index contributed by atoms with van der Waals surface area (Å²) in [5, 5.41) is 6.23. The van der Waals surface area contributed by atoms with E-state index in [9.17, 15) is 9.18 Å². The predicted molar refractivity (Wildman–Crippen MR) is 138 cm³/mol. The van der Waals surface area contributed by atoms with Crippen LogP contribution >= 0.6 is 11.6 Å². The molecule has 1 atom stereocenters. The first-order chi connectivity index (χ1) is 17.3. The SMILES string of the molecule is CC(C)NCCNC(=O)c1cc(C(C)Oc2ccc(Cl)c(F)c2)c2nc(N3CCOCC3)cnc2c1. The second kappa shape index (κ2) is 11.8. The van der Waals surface area contributed by atoms with Crippen molar-refractivity contribution in [1.82, 2.24) is 20.6 Å². The van der Waals surface area contributed by atoms with E-state index in [4.69, 9.17) is 26.1 Å². The summed E-state index contributed by atoms with van der Waals surface area (Å²) in [6, 6.07) is 8.12. The molecule has 1 aliphatic heterocycles. The van der Waals surface area contributed by atoms with Gasteiger partial charge in [0, 0.05) is 49.4 Å². The summed E-state index contributed by atoms with van der Waals surface area (Å²) < 4.78 is 25.5. The maximum atomic E-state index is 14.0. The minimum atomic E-state index is -0.566. The average Bonchev–Trinajstić information content (AvgIpc) is 2.88. The fourth-order valence-electron chi connectivity index (χ4n) is 3.97. The van der Waals surface area contributed by atoms with Crippen LogP contribution in [0.5, 0.6) is 5.75 Å². The van der Waals surface area contributed by atoms with Crippen LogP contribution in [0.1, 0.15) is 42.8 Å². The Morgan fingerprint density at radius 1 is 1.19 bits per heavy atom. The van der Waals surface area contributed by atoms with Crippen LogP contribution in [0.25, 0.3) is 11.0 Å². The maximum Gasteiger partial charge on any atom is 0.251 e. The number of hydrogen-bond donors (Lipinski definition) is 2. The summed E-state index contributed by atoms with van der Waals surface area (Å²) >= 11 is 5.82. The van der Waals surface area contributed by atoms with Crippen LogP contribution in [-0.4, -0.2) is 61.3 Å². The molecule has 10 heteroatoms. The Bertz CT molecular complexity index is 1220. The molecule has 3 aromatic rings. The Kier molecular flexibility index (Phi) is 8.56. The number of aromatic nitrogens is 2. The van der Waals surface area contributed by atoms with Gasteiger partial charge in [-0.15, -0.1) is 0 Å². The summed E-state index contributed by atoms with van der Waals surface area (Å²) in [5.41, 5.74) is 2.33. The number of anilines is 1. The molecule has 192 valence electrons. The number of nitrogens with one attached hydrogen (secondary N) is 2. The fraction of sp³-hybridized carbons (Fsp3) is 0.423. The second-order valence-corrected chi connectivity index (χ2v) is 9.37. The predicted octanol–water partition coefficient (Wildman–Crippen LogP) is 4.13. The highest BCUT2D eigenvalue weighted by molar-refractivity contribution is 6.30. The lowest BCUT2D eigenvalue weighted by Crippen LogP contribution is -2.36. The summed E-state index contributed by atoms with van der Waals surface area (Å²) in [6.07, 6.45) is 1.17. The Morgan fingerprint density at radius 2 is 1.97 bits per heavy atom. The summed E-state index contributed by atoms with van der Waals surface area (Å²) in [6.45, 7) is 9.77. The second-order valence-electron chi connectivity index (χ2n) is 8.96. The Morgan fingerprint density at radius 3 is 2.69 bits per heavy atom. The molecule has 0 spiro atoms. The lowest BCUT2D eigenvalue weighted by Gasteiger charge is -2.28. The zero-order chi connectivity index (χ0) is 25.7. The first-order valence-electron chi connectivity index (χ1n) is 12.1. The number of hydrogen-bond acceptors (Lipinski definition) is 7. The van der Waals surface area contributed by atoms with E-state index in [0.29, 0.717) is 60.3 Å². The number of carbonyl (C=O) groups is 1. The third-order valence-corrected chi connectivity index (χ3v) is 6.17. The minimum absolute atomic E-state index is 0.0205. The van der Waals surface area contributed by atoms with Crippen LogP contribution in [0, 0.1) is 5.82 Å². The van der Waals surface area contributed by atoms with Gasteiger partial charge in [0.05, 0.1) is 35.5 Å². The van der Waals surface area contributed by atoms with Gasteiger partial charge in [-0.2, -0.15) is 0 Å². The third-order valence-electron chi connectivity index (χ3n) is 5.87. The topological polar surface area (TPSA) is 88.6 Å². The number of fused-ring (bicyclic) bond motifs is 1. The Balaban J connectivity index is 1.66. The van der Waals surface area contributed by atoms with Crippen molar-refractivity contribution in [2.24, 2.45) is 0 Å². The lowest BCUT2D eigenvalue weighted by molar-refractivity contribution is 0.0953. The molecule has 36 heavy (non-hydrogen) atoms. The molecule has 1 amide bonds. The summed E-state index contributed by atoms with van der Waals surface area (Å²) in [7, 11) is 0. The standard InChI is InChI=1S/C26H31ClFN5O3/c1-16(2)29-6-7-30-26(34)18-12-20(17(3)36-19-4-5-21(27)22(28)14-19)25-23(13-18)31-15-24(32-25)33-8-10-35-11-9-33/h4-5,12-17,29H,6-11H2,1-3H3,(H,30,34). The van der Waals surface area contributed by atoms with Crippen molar-refractivity contribution in [3.05, 3.63) is 58.5 Å². The van der Waals surface area contributed by atoms with Gasteiger partial charge in [0.15, 0.2) is 0 Å². The number of amides is 1. The number of halogens is 2. The van der Waals surface area contributed by atoms with Gasteiger partial charge in [-0.3, -0.25) is 9.78 Å². The highest BCUT2D eigenvalue weighted by Gasteiger charge is 2.20. The molecule has 0 saturated carbocycles. The van der Waals surface area contributed by atoms with Crippen LogP contribution in [0.15, 0.2) is 36.5 Å². The van der Waals surface area contributed by atoms with Crippen LogP contribution < -0.4 is 20.3 Å². The first kappa shape index (κ1) is 26.1. The molecular weight excluding hydrogens is 485 g/mol. The molecule has 0 aliphatic carbocycles. The van der Waals surface area contributed by atoms with E-state index < -0.39 is 11.9 Å². The van der Waals surface area contributed by atoms with Crippen molar-refractivity contribution in [2.45, 2.75) is 32.9 Å². The van der Waals surface area contributed by atoms with Crippen LogP contribution in [0.2, 0.25) is 5.02 Å². The zero-order valence-corrected chi connectivity index (χ0v) is 21.4. The molecule has 1 unspecified atom stereocenters. The number of rotatable bonds is 9. The molecule has 2 N–H and O–H groups in total. The molecule has 1 saturated heterocycles. The highest BCUT2D eigenvalue weighted by Crippen LogP contribution is 2.30. The number of nitrogens with zero attached hydrogens (tertiary/aromatic N) is 3. The van der Waals surface area contributed by atoms with Crippen molar-refractivity contribution in [1.29, 1.82) is 0 Å². The molecule has 1 aromatic heterocycles. The molecule has 4 rings (SSSR count). The Hall–Kier alpha value is -3.01. The smallest absolute Gasteiger partial charge is 0.251 e. The quantitative estimate of drug-likeness (QED) is 0.414. The van der Waals surface area contributed by atoms with E-state index in [2.05, 4.69) is 34.4 Å². The van der Waals surface area contributed by atoms with Crippen molar-refractivity contribution in [3.8, 4) is 5.75 Å². The van der Waals surface area contributed by atoms with Crippen molar-refractivity contribution in [3.63, 3.8) is 0 Å². The van der Waals surface area contributed by atoms with Crippen molar-refractivity contribution >= 4 is 34.4 Å². The van der Waals surface area contributed by atoms with Gasteiger partial charge < -0.3 is 25.0 Å². The molecular formula is C26H31ClFN5O3. The monoisotopic (exact) mass is 515 g/mol. The van der Waals surface area contributed by atoms with Gasteiger partial charge in [0.2, 0.25) is 0 Å². The molecule has 8 nitrogen and oxygen atoms in total. The van der Waals surface area contributed by atoms with E-state index in [0.717, 1.165) is 18.9 Å². The lowest BCUT2D eigenvalue weighted by atomic mass is 10.0. The molecule has 0 radical (unpaired) electrons. The molecule has 1 aliphatic rings. The summed E-state index contributed by atoms with van der Waals surface area (Å²) in [4.78, 5) is 24.6. The van der Waals surface area contributed by atoms with Gasteiger partial charge in [-0.05, 0) is 31.2 Å². The van der Waals surface area contributed by atoms with Crippen LogP contribution in [0.3, 0.4) is 0 Å².